The van der Waals surface area contributed by atoms with Gasteiger partial charge in [0, 0.05) is 11.8 Å². The van der Waals surface area contributed by atoms with Gasteiger partial charge in [0.2, 0.25) is 0 Å². The minimum atomic E-state index is -0.789. The molecule has 7 nitrogen and oxygen atoms in total. The van der Waals surface area contributed by atoms with E-state index in [9.17, 15) is 19.7 Å². The van der Waals surface area contributed by atoms with E-state index in [0.717, 1.165) is 16.6 Å². The van der Waals surface area contributed by atoms with Crippen LogP contribution in [0, 0.1) is 10.1 Å². The average molecular weight is 372 g/mol. The van der Waals surface area contributed by atoms with Gasteiger partial charge in [0.05, 0.1) is 4.92 Å². The Morgan fingerprint density at radius 1 is 1.15 bits per heavy atom. The van der Waals surface area contributed by atoms with Crippen LogP contribution in [0.25, 0.3) is 0 Å². The van der Waals surface area contributed by atoms with Crippen molar-refractivity contribution in [3.05, 3.63) is 74.2 Å². The SMILES string of the molecule is CC(C)(C)OC(=O)Cn1ccc(CCCc2ccccc2)c([N+](=O)[O-])c1=O. The lowest BCUT2D eigenvalue weighted by Gasteiger charge is -2.19. The molecule has 1 aromatic carbocycles. The zero-order chi connectivity index (χ0) is 20.0. The van der Waals surface area contributed by atoms with Crippen LogP contribution in [0.15, 0.2) is 47.4 Å². The van der Waals surface area contributed by atoms with E-state index in [1.165, 1.54) is 12.3 Å². The molecule has 0 bridgehead atoms. The number of ether oxygens (including phenoxy) is 1. The van der Waals surface area contributed by atoms with Crippen molar-refractivity contribution in [2.45, 2.75) is 52.2 Å². The number of esters is 1. The third-order valence-corrected chi connectivity index (χ3v) is 3.88. The summed E-state index contributed by atoms with van der Waals surface area (Å²) in [6, 6.07) is 11.3. The average Bonchev–Trinajstić information content (AvgIpc) is 2.56. The smallest absolute Gasteiger partial charge is 0.337 e. The second kappa shape index (κ2) is 8.62. The molecular formula is C20H24N2O5. The first-order valence-corrected chi connectivity index (χ1v) is 8.80. The minimum absolute atomic E-state index is 0.360. The molecule has 0 fully saturated rings. The number of aryl methyl sites for hydroxylation is 2. The molecule has 144 valence electrons. The highest BCUT2D eigenvalue weighted by Crippen LogP contribution is 2.17. The zero-order valence-electron chi connectivity index (χ0n) is 15.8. The number of carbonyl (C=O) groups is 1. The number of rotatable bonds is 7. The van der Waals surface area contributed by atoms with Crippen molar-refractivity contribution in [2.24, 2.45) is 0 Å². The quantitative estimate of drug-likeness (QED) is 0.422. The molecule has 0 saturated heterocycles. The molecule has 0 spiro atoms. The van der Waals surface area contributed by atoms with E-state index in [2.05, 4.69) is 0 Å². The van der Waals surface area contributed by atoms with Crippen LogP contribution in [-0.2, 0) is 28.9 Å². The molecule has 0 aliphatic heterocycles. The second-order valence-electron chi connectivity index (χ2n) is 7.31. The van der Waals surface area contributed by atoms with Crippen LogP contribution in [0.1, 0.15) is 38.3 Å². The van der Waals surface area contributed by atoms with Crippen LogP contribution in [0.4, 0.5) is 5.69 Å². The number of aromatic nitrogens is 1. The Morgan fingerprint density at radius 3 is 2.41 bits per heavy atom. The molecule has 1 heterocycles. The van der Waals surface area contributed by atoms with Gasteiger partial charge in [-0.15, -0.1) is 0 Å². The van der Waals surface area contributed by atoms with E-state index in [1.807, 2.05) is 30.3 Å². The van der Waals surface area contributed by atoms with Crippen molar-refractivity contribution in [2.75, 3.05) is 0 Å². The number of benzene rings is 1. The number of pyridine rings is 1. The lowest BCUT2D eigenvalue weighted by Crippen LogP contribution is -2.31. The number of carbonyl (C=O) groups excluding carboxylic acids is 1. The lowest BCUT2D eigenvalue weighted by molar-refractivity contribution is -0.387. The highest BCUT2D eigenvalue weighted by molar-refractivity contribution is 5.69. The fraction of sp³-hybridized carbons (Fsp3) is 0.400. The van der Waals surface area contributed by atoms with E-state index in [0.29, 0.717) is 18.4 Å². The van der Waals surface area contributed by atoms with E-state index in [4.69, 9.17) is 4.74 Å². The lowest BCUT2D eigenvalue weighted by atomic mass is 10.0. The molecule has 0 aliphatic rings. The maximum absolute atomic E-state index is 12.5. The van der Waals surface area contributed by atoms with Crippen molar-refractivity contribution < 1.29 is 14.5 Å². The summed E-state index contributed by atoms with van der Waals surface area (Å²) in [5.41, 5.74) is -0.443. The van der Waals surface area contributed by atoms with Crippen LogP contribution in [0.3, 0.4) is 0 Å². The molecule has 1 aromatic heterocycles. The molecule has 2 aromatic rings. The third kappa shape index (κ3) is 6.06. The third-order valence-electron chi connectivity index (χ3n) is 3.88. The fourth-order valence-corrected chi connectivity index (χ4v) is 2.76. The summed E-state index contributed by atoms with van der Waals surface area (Å²) in [5.74, 6) is -0.615. The second-order valence-corrected chi connectivity index (χ2v) is 7.31. The molecule has 0 unspecified atom stereocenters. The van der Waals surface area contributed by atoms with Crippen LogP contribution in [0.5, 0.6) is 0 Å². The Balaban J connectivity index is 2.15. The van der Waals surface area contributed by atoms with Gasteiger partial charge in [-0.2, -0.15) is 0 Å². The fourth-order valence-electron chi connectivity index (χ4n) is 2.76. The maximum atomic E-state index is 12.5. The number of hydrogen-bond acceptors (Lipinski definition) is 5. The summed E-state index contributed by atoms with van der Waals surface area (Å²) in [6.45, 7) is 4.78. The van der Waals surface area contributed by atoms with Gasteiger partial charge in [0.15, 0.2) is 0 Å². The highest BCUT2D eigenvalue weighted by atomic mass is 16.6. The molecule has 0 N–H and O–H groups in total. The van der Waals surface area contributed by atoms with Crippen molar-refractivity contribution in [3.8, 4) is 0 Å². The predicted molar refractivity (Wildman–Crippen MR) is 102 cm³/mol. The van der Waals surface area contributed by atoms with Gasteiger partial charge in [0.25, 0.3) is 0 Å². The van der Waals surface area contributed by atoms with E-state index in [-0.39, 0.29) is 6.54 Å². The monoisotopic (exact) mass is 372 g/mol. The molecule has 27 heavy (non-hydrogen) atoms. The molecule has 0 aliphatic carbocycles. The molecule has 2 rings (SSSR count). The van der Waals surface area contributed by atoms with E-state index < -0.39 is 27.7 Å². The topological polar surface area (TPSA) is 91.4 Å². The van der Waals surface area contributed by atoms with Gasteiger partial charge < -0.3 is 4.74 Å². The standard InChI is InChI=1S/C20H24N2O5/c1-20(2,3)27-17(23)14-21-13-12-16(18(19(21)24)22(25)26)11-7-10-15-8-5-4-6-9-15/h4-6,8-9,12-13H,7,10-11,14H2,1-3H3. The Bertz CT molecular complexity index is 866. The Labute approximate surface area is 157 Å². The van der Waals surface area contributed by atoms with Crippen LogP contribution in [0.2, 0.25) is 0 Å². The van der Waals surface area contributed by atoms with Gasteiger partial charge in [0.1, 0.15) is 12.1 Å². The van der Waals surface area contributed by atoms with Crippen molar-refractivity contribution in [1.29, 1.82) is 0 Å². The first-order valence-electron chi connectivity index (χ1n) is 8.80. The Kier molecular flexibility index (Phi) is 6.50. The summed E-state index contributed by atoms with van der Waals surface area (Å²) >= 11 is 0. The summed E-state index contributed by atoms with van der Waals surface area (Å²) in [6.07, 6.45) is 3.27. The molecule has 0 radical (unpaired) electrons. The Hall–Kier alpha value is -2.96. The zero-order valence-corrected chi connectivity index (χ0v) is 15.8. The predicted octanol–water partition coefficient (Wildman–Crippen LogP) is 3.27. The molecule has 7 heteroatoms. The summed E-state index contributed by atoms with van der Waals surface area (Å²) < 4.78 is 6.19. The van der Waals surface area contributed by atoms with Crippen molar-refractivity contribution in [1.82, 2.24) is 4.57 Å². The number of nitro groups is 1. The first-order chi connectivity index (χ1) is 12.7. The van der Waals surface area contributed by atoms with Gasteiger partial charge in [-0.25, -0.2) is 0 Å². The normalized spacial score (nSPS) is 11.2. The van der Waals surface area contributed by atoms with E-state index in [1.54, 1.807) is 20.8 Å². The summed E-state index contributed by atoms with van der Waals surface area (Å²) in [4.78, 5) is 35.1. The molecule has 0 amide bonds. The molecule has 0 saturated carbocycles. The van der Waals surface area contributed by atoms with Crippen LogP contribution < -0.4 is 5.56 Å². The van der Waals surface area contributed by atoms with Crippen molar-refractivity contribution in [3.63, 3.8) is 0 Å². The van der Waals surface area contributed by atoms with Crippen LogP contribution >= 0.6 is 0 Å². The first kappa shape index (κ1) is 20.4. The maximum Gasteiger partial charge on any atom is 0.337 e. The van der Waals surface area contributed by atoms with Gasteiger partial charge in [-0.1, -0.05) is 30.3 Å². The highest BCUT2D eigenvalue weighted by Gasteiger charge is 2.23. The summed E-state index contributed by atoms with van der Waals surface area (Å²) in [5, 5.41) is 11.4. The van der Waals surface area contributed by atoms with Gasteiger partial charge in [-0.05, 0) is 51.7 Å². The van der Waals surface area contributed by atoms with Gasteiger partial charge in [-0.3, -0.25) is 24.3 Å². The number of nitrogens with zero attached hydrogens (tertiary/aromatic N) is 2. The molecular weight excluding hydrogens is 348 g/mol. The Morgan fingerprint density at radius 2 is 1.81 bits per heavy atom. The van der Waals surface area contributed by atoms with Crippen LogP contribution in [-0.4, -0.2) is 21.1 Å². The van der Waals surface area contributed by atoms with E-state index >= 15 is 0 Å². The molecule has 0 atom stereocenters. The number of hydrogen-bond donors (Lipinski definition) is 0. The minimum Gasteiger partial charge on any atom is -0.459 e. The van der Waals surface area contributed by atoms with Crippen molar-refractivity contribution >= 4 is 11.7 Å². The van der Waals surface area contributed by atoms with Gasteiger partial charge >= 0.3 is 17.2 Å². The largest absolute Gasteiger partial charge is 0.459 e. The summed E-state index contributed by atoms with van der Waals surface area (Å²) in [7, 11) is 0.